The number of phenolic OH excluding ortho intramolecular Hbond substituents is 1. The fourth-order valence-electron chi connectivity index (χ4n) is 11.1. The van der Waals surface area contributed by atoms with Crippen LogP contribution in [0.25, 0.3) is 0 Å². The molecule has 3 amide bonds. The molecule has 10 rings (SSSR count). The molecule has 318 valence electrons. The molecule has 0 bridgehead atoms. The molecule has 61 heavy (non-hydrogen) atoms. The van der Waals surface area contributed by atoms with Gasteiger partial charge in [-0.05, 0) is 97.9 Å². The van der Waals surface area contributed by atoms with Crippen molar-refractivity contribution in [1.82, 2.24) is 15.1 Å². The molecule has 6 aliphatic rings. The number of aryl methyl sites for hydroxylation is 1. The highest BCUT2D eigenvalue weighted by Gasteiger charge is 2.44. The molecule has 0 saturated carbocycles. The number of piperidine rings is 2. The SMILES string of the molecule is COc1cc(N2CCC(CCN3CCN4c5cc(Cl)c6c(c5OC[C@H]4C3)CN([C@H]3CCC(=O)NC3=O)C6=O)CC2)c(F)cc1[C@@H]1c2ccc(O)cc2CC[C@@H]1c1ccccc1. The molecule has 4 aromatic rings. The van der Waals surface area contributed by atoms with E-state index < -0.39 is 11.9 Å². The number of imide groups is 1. The zero-order valence-electron chi connectivity index (χ0n) is 34.4. The molecule has 0 radical (unpaired) electrons. The molecule has 0 unspecified atom stereocenters. The first-order valence-corrected chi connectivity index (χ1v) is 22.1. The van der Waals surface area contributed by atoms with Gasteiger partial charge in [-0.2, -0.15) is 0 Å². The maximum Gasteiger partial charge on any atom is 0.256 e. The largest absolute Gasteiger partial charge is 0.508 e. The summed E-state index contributed by atoms with van der Waals surface area (Å²) in [6.07, 6.45) is 5.24. The number of anilines is 2. The number of phenols is 1. The van der Waals surface area contributed by atoms with E-state index in [9.17, 15) is 19.5 Å². The minimum absolute atomic E-state index is 0.116. The number of carbonyl (C=O) groups excluding carboxylic acids is 3. The van der Waals surface area contributed by atoms with Gasteiger partial charge < -0.3 is 29.3 Å². The molecule has 0 aromatic heterocycles. The molecule has 2 N–H and O–H groups in total. The van der Waals surface area contributed by atoms with Crippen LogP contribution >= 0.6 is 11.6 Å². The summed E-state index contributed by atoms with van der Waals surface area (Å²) in [5, 5.41) is 13.0. The topological polar surface area (TPSA) is 115 Å². The number of methoxy groups -OCH3 is 1. The Balaban J connectivity index is 0.773. The van der Waals surface area contributed by atoms with Crippen molar-refractivity contribution in [1.29, 1.82) is 0 Å². The number of piperazine rings is 1. The predicted octanol–water partition coefficient (Wildman–Crippen LogP) is 7.01. The Morgan fingerprint density at radius 2 is 1.72 bits per heavy atom. The van der Waals surface area contributed by atoms with E-state index in [1.165, 1.54) is 10.5 Å². The van der Waals surface area contributed by atoms with Crippen molar-refractivity contribution in [3.8, 4) is 17.2 Å². The summed E-state index contributed by atoms with van der Waals surface area (Å²) in [6.45, 7) is 5.77. The van der Waals surface area contributed by atoms with Gasteiger partial charge in [-0.15, -0.1) is 0 Å². The van der Waals surface area contributed by atoms with Crippen molar-refractivity contribution >= 4 is 40.7 Å². The van der Waals surface area contributed by atoms with E-state index in [1.807, 2.05) is 30.3 Å². The van der Waals surface area contributed by atoms with Gasteiger partial charge >= 0.3 is 0 Å². The van der Waals surface area contributed by atoms with Crippen LogP contribution < -0.4 is 24.6 Å². The summed E-state index contributed by atoms with van der Waals surface area (Å²) >= 11 is 6.79. The Bertz CT molecular complexity index is 2390. The van der Waals surface area contributed by atoms with Crippen molar-refractivity contribution in [3.05, 3.63) is 111 Å². The van der Waals surface area contributed by atoms with Crippen molar-refractivity contribution in [3.63, 3.8) is 0 Å². The molecule has 4 atom stereocenters. The van der Waals surface area contributed by atoms with Crippen molar-refractivity contribution < 1.29 is 33.4 Å². The van der Waals surface area contributed by atoms with Gasteiger partial charge in [0.2, 0.25) is 11.8 Å². The first kappa shape index (κ1) is 39.8. The number of nitrogens with one attached hydrogen (secondary N) is 1. The van der Waals surface area contributed by atoms with Crippen LogP contribution in [0.3, 0.4) is 0 Å². The zero-order chi connectivity index (χ0) is 41.9. The first-order chi connectivity index (χ1) is 29.6. The van der Waals surface area contributed by atoms with Crippen LogP contribution in [0.5, 0.6) is 17.2 Å². The molecule has 5 heterocycles. The molecule has 0 spiro atoms. The number of amides is 3. The smallest absolute Gasteiger partial charge is 0.256 e. The van der Waals surface area contributed by atoms with Crippen LogP contribution in [0.4, 0.5) is 15.8 Å². The van der Waals surface area contributed by atoms with Gasteiger partial charge in [0.05, 0.1) is 41.7 Å². The molecule has 4 aromatic carbocycles. The van der Waals surface area contributed by atoms with Crippen LogP contribution in [-0.4, -0.2) is 97.7 Å². The van der Waals surface area contributed by atoms with Crippen LogP contribution in [0.2, 0.25) is 5.02 Å². The summed E-state index contributed by atoms with van der Waals surface area (Å²) in [4.78, 5) is 46.5. The Kier molecular flexibility index (Phi) is 10.5. The summed E-state index contributed by atoms with van der Waals surface area (Å²) < 4.78 is 28.9. The van der Waals surface area contributed by atoms with E-state index in [2.05, 4.69) is 44.3 Å². The zero-order valence-corrected chi connectivity index (χ0v) is 35.1. The number of fused-ring (bicyclic) bond motifs is 6. The molecular weight excluding hydrogens is 797 g/mol. The molecule has 11 nitrogen and oxygen atoms in total. The summed E-state index contributed by atoms with van der Waals surface area (Å²) in [5.41, 5.74) is 6.84. The Labute approximate surface area is 360 Å². The number of carbonyl (C=O) groups is 3. The fraction of sp³-hybridized carbons (Fsp3) is 0.438. The highest BCUT2D eigenvalue weighted by Crippen LogP contribution is 2.51. The van der Waals surface area contributed by atoms with Crippen molar-refractivity contribution in [2.75, 3.05) is 62.8 Å². The van der Waals surface area contributed by atoms with Gasteiger partial charge in [-0.3, -0.25) is 24.6 Å². The van der Waals surface area contributed by atoms with Gasteiger partial charge in [-0.1, -0.05) is 48.0 Å². The lowest BCUT2D eigenvalue weighted by molar-refractivity contribution is -0.136. The molecule has 3 fully saturated rings. The van der Waals surface area contributed by atoms with E-state index >= 15 is 4.39 Å². The van der Waals surface area contributed by atoms with E-state index in [0.717, 1.165) is 93.8 Å². The summed E-state index contributed by atoms with van der Waals surface area (Å²) in [5.74, 6) is 0.860. The highest BCUT2D eigenvalue weighted by molar-refractivity contribution is 6.35. The average Bonchev–Trinajstić information content (AvgIpc) is 3.62. The first-order valence-electron chi connectivity index (χ1n) is 21.8. The van der Waals surface area contributed by atoms with Crippen LogP contribution in [0.15, 0.2) is 66.7 Å². The minimum Gasteiger partial charge on any atom is -0.508 e. The number of ether oxygens (including phenoxy) is 2. The normalized spacial score (nSPS) is 24.1. The van der Waals surface area contributed by atoms with E-state index in [4.69, 9.17) is 21.1 Å². The third-order valence-corrected chi connectivity index (χ3v) is 14.6. The summed E-state index contributed by atoms with van der Waals surface area (Å²) in [7, 11) is 1.67. The highest BCUT2D eigenvalue weighted by atomic mass is 35.5. The molecule has 3 saturated heterocycles. The number of hydrogen-bond acceptors (Lipinski definition) is 9. The second-order valence-electron chi connectivity index (χ2n) is 17.6. The number of benzene rings is 4. The third-order valence-electron chi connectivity index (χ3n) is 14.3. The predicted molar refractivity (Wildman–Crippen MR) is 231 cm³/mol. The quantitative estimate of drug-likeness (QED) is 0.181. The second kappa shape index (κ2) is 16.2. The fourth-order valence-corrected chi connectivity index (χ4v) is 11.4. The van der Waals surface area contributed by atoms with Gasteiger partial charge in [0.25, 0.3) is 5.91 Å². The second-order valence-corrected chi connectivity index (χ2v) is 18.0. The molecular formula is C48H51ClFN5O6. The number of rotatable bonds is 8. The number of halogens is 2. The Morgan fingerprint density at radius 1 is 0.902 bits per heavy atom. The van der Waals surface area contributed by atoms with Gasteiger partial charge in [0, 0.05) is 62.3 Å². The Hall–Kier alpha value is -5.33. The maximum absolute atomic E-state index is 16.4. The number of nitrogens with zero attached hydrogens (tertiary/aromatic N) is 4. The molecule has 13 heteroatoms. The lowest BCUT2D eigenvalue weighted by atomic mass is 9.69. The lowest BCUT2D eigenvalue weighted by Crippen LogP contribution is -2.57. The van der Waals surface area contributed by atoms with E-state index in [1.54, 1.807) is 19.2 Å². The number of aromatic hydroxyl groups is 1. The lowest BCUT2D eigenvalue weighted by Gasteiger charge is -2.46. The van der Waals surface area contributed by atoms with Crippen LogP contribution in [0, 0.1) is 11.7 Å². The maximum atomic E-state index is 16.4. The minimum atomic E-state index is -0.718. The third kappa shape index (κ3) is 7.25. The number of hydrogen-bond donors (Lipinski definition) is 2. The van der Waals surface area contributed by atoms with Crippen molar-refractivity contribution in [2.24, 2.45) is 5.92 Å². The van der Waals surface area contributed by atoms with E-state index in [0.29, 0.717) is 45.9 Å². The molecule has 5 aliphatic heterocycles. The average molecular weight is 848 g/mol. The van der Waals surface area contributed by atoms with E-state index in [-0.39, 0.29) is 60.6 Å². The Morgan fingerprint density at radius 3 is 2.51 bits per heavy atom. The standard InChI is InChI=1S/C48H51ClFN5O6/c1-60-42-24-40(38(50)22-35(42)44-33(29-5-3-2-4-6-29)9-7-30-21-32(56)8-10-34(30)44)53-17-14-28(15-18-53)13-16-52-19-20-54-31(25-52)27-61-46-36-26-55(39-11-12-43(57)51-47(39)58)48(59)45(36)37(49)23-41(46)54/h2-6,8,10,21-24,28,31,33,39,44,56H,7,9,11-20,25-27H2,1H3,(H,51,57,58)/t31-,33-,39+,44+/m1/s1. The van der Waals surface area contributed by atoms with Gasteiger partial charge in [0.1, 0.15) is 35.7 Å². The van der Waals surface area contributed by atoms with Crippen LogP contribution in [0.1, 0.15) is 88.5 Å². The summed E-state index contributed by atoms with van der Waals surface area (Å²) in [6, 6.07) is 20.9. The van der Waals surface area contributed by atoms with Gasteiger partial charge in [-0.25, -0.2) is 4.39 Å². The van der Waals surface area contributed by atoms with Crippen molar-refractivity contribution in [2.45, 2.75) is 75.4 Å². The monoisotopic (exact) mass is 847 g/mol. The van der Waals surface area contributed by atoms with Crippen LogP contribution in [-0.2, 0) is 22.6 Å². The molecule has 1 aliphatic carbocycles. The van der Waals surface area contributed by atoms with Gasteiger partial charge in [0.15, 0.2) is 0 Å².